The van der Waals surface area contributed by atoms with E-state index in [4.69, 9.17) is 11.6 Å². The van der Waals surface area contributed by atoms with Gasteiger partial charge in [-0.25, -0.2) is 0 Å². The van der Waals surface area contributed by atoms with E-state index in [0.717, 1.165) is 10.4 Å². The number of hydrogen-bond donors (Lipinski definition) is 0. The second-order valence-corrected chi connectivity index (χ2v) is 6.53. The number of alkyl halides is 1. The zero-order valence-electron chi connectivity index (χ0n) is 11.1. The summed E-state index contributed by atoms with van der Waals surface area (Å²) >= 11 is 9.59. The number of rotatable bonds is 3. The van der Waals surface area contributed by atoms with Crippen LogP contribution >= 0.6 is 27.5 Å². The number of benzene rings is 1. The van der Waals surface area contributed by atoms with Crippen molar-refractivity contribution in [3.8, 4) is 0 Å². The van der Waals surface area contributed by atoms with Crippen LogP contribution in [0.5, 0.6) is 0 Å². The first-order valence-electron chi connectivity index (χ1n) is 6.70. The van der Waals surface area contributed by atoms with Gasteiger partial charge in [0.15, 0.2) is 0 Å². The molecule has 3 heteroatoms. The maximum absolute atomic E-state index is 6.08. The highest BCUT2D eigenvalue weighted by Crippen LogP contribution is 2.33. The van der Waals surface area contributed by atoms with Gasteiger partial charge in [-0.05, 0) is 42.5 Å². The molecule has 100 valence electrons. The Morgan fingerprint density at radius 1 is 1.33 bits per heavy atom. The Morgan fingerprint density at radius 2 is 2.06 bits per heavy atom. The van der Waals surface area contributed by atoms with Gasteiger partial charge in [-0.2, -0.15) is 0 Å². The van der Waals surface area contributed by atoms with Gasteiger partial charge in [0.1, 0.15) is 0 Å². The van der Waals surface area contributed by atoms with Gasteiger partial charge in [0.05, 0.1) is 0 Å². The first-order chi connectivity index (χ1) is 8.63. The molecule has 2 unspecified atom stereocenters. The minimum Gasteiger partial charge on any atom is -0.371 e. The van der Waals surface area contributed by atoms with Crippen LogP contribution in [0.25, 0.3) is 0 Å². The summed E-state index contributed by atoms with van der Waals surface area (Å²) in [4.78, 5) is 2.44. The number of hydrogen-bond acceptors (Lipinski definition) is 1. The SMILES string of the molecule is CC1CCCCC1N(C)c1ccc(Br)cc1CCl. The molecule has 0 heterocycles. The maximum Gasteiger partial charge on any atom is 0.0494 e. The molecule has 0 N–H and O–H groups in total. The predicted octanol–water partition coefficient (Wildman–Crippen LogP) is 5.20. The van der Waals surface area contributed by atoms with Gasteiger partial charge >= 0.3 is 0 Å². The normalized spacial score (nSPS) is 24.0. The van der Waals surface area contributed by atoms with Crippen LogP contribution in [0.2, 0.25) is 0 Å². The molecule has 1 aromatic carbocycles. The number of halogens is 2. The van der Waals surface area contributed by atoms with Crippen molar-refractivity contribution < 1.29 is 0 Å². The van der Waals surface area contributed by atoms with Crippen molar-refractivity contribution in [3.63, 3.8) is 0 Å². The summed E-state index contributed by atoms with van der Waals surface area (Å²) in [5.74, 6) is 1.34. The minimum atomic E-state index is 0.570. The van der Waals surface area contributed by atoms with Gasteiger partial charge < -0.3 is 4.90 Å². The van der Waals surface area contributed by atoms with Crippen LogP contribution in [-0.4, -0.2) is 13.1 Å². The molecule has 0 saturated heterocycles. The van der Waals surface area contributed by atoms with Crippen LogP contribution in [0, 0.1) is 5.92 Å². The quantitative estimate of drug-likeness (QED) is 0.688. The Labute approximate surface area is 124 Å². The van der Waals surface area contributed by atoms with Crippen molar-refractivity contribution in [1.82, 2.24) is 0 Å². The molecule has 2 rings (SSSR count). The Morgan fingerprint density at radius 3 is 2.72 bits per heavy atom. The lowest BCUT2D eigenvalue weighted by atomic mass is 9.84. The van der Waals surface area contributed by atoms with Gasteiger partial charge in [-0.3, -0.25) is 0 Å². The summed E-state index contributed by atoms with van der Waals surface area (Å²) in [6, 6.07) is 7.08. The number of anilines is 1. The van der Waals surface area contributed by atoms with Gasteiger partial charge in [0, 0.05) is 29.1 Å². The lowest BCUT2D eigenvalue weighted by Gasteiger charge is -2.38. The molecule has 0 aromatic heterocycles. The van der Waals surface area contributed by atoms with Crippen molar-refractivity contribution in [1.29, 1.82) is 0 Å². The van der Waals surface area contributed by atoms with Crippen LogP contribution < -0.4 is 4.90 Å². The van der Waals surface area contributed by atoms with Gasteiger partial charge in [-0.15, -0.1) is 11.6 Å². The summed E-state index contributed by atoms with van der Waals surface area (Å²) < 4.78 is 1.10. The monoisotopic (exact) mass is 329 g/mol. The fourth-order valence-electron chi connectivity index (χ4n) is 3.06. The largest absolute Gasteiger partial charge is 0.371 e. The molecule has 1 aliphatic carbocycles. The van der Waals surface area contributed by atoms with Crippen molar-refractivity contribution in [2.24, 2.45) is 5.92 Å². The fraction of sp³-hybridized carbons (Fsp3) is 0.600. The van der Waals surface area contributed by atoms with Gasteiger partial charge in [-0.1, -0.05) is 35.7 Å². The van der Waals surface area contributed by atoms with Crippen LogP contribution in [0.4, 0.5) is 5.69 Å². The summed E-state index contributed by atoms with van der Waals surface area (Å²) in [5, 5.41) is 0. The van der Waals surface area contributed by atoms with Crippen molar-refractivity contribution in [2.75, 3.05) is 11.9 Å². The van der Waals surface area contributed by atoms with Crippen molar-refractivity contribution in [3.05, 3.63) is 28.2 Å². The molecule has 18 heavy (non-hydrogen) atoms. The Hall–Kier alpha value is -0.210. The van der Waals surface area contributed by atoms with Crippen molar-refractivity contribution >= 4 is 33.2 Å². The van der Waals surface area contributed by atoms with E-state index in [1.54, 1.807) is 0 Å². The van der Waals surface area contributed by atoms with Crippen LogP contribution in [0.15, 0.2) is 22.7 Å². The van der Waals surface area contributed by atoms with E-state index < -0.39 is 0 Å². The van der Waals surface area contributed by atoms with Gasteiger partial charge in [0.25, 0.3) is 0 Å². The highest BCUT2D eigenvalue weighted by atomic mass is 79.9. The molecular weight excluding hydrogens is 310 g/mol. The third-order valence-electron chi connectivity index (χ3n) is 4.13. The summed E-state index contributed by atoms with van der Waals surface area (Å²) in [5.41, 5.74) is 2.50. The average Bonchev–Trinajstić information content (AvgIpc) is 2.38. The van der Waals surface area contributed by atoms with E-state index in [0.29, 0.717) is 11.9 Å². The molecular formula is C15H21BrClN. The zero-order chi connectivity index (χ0) is 13.1. The molecule has 1 aliphatic rings. The highest BCUT2D eigenvalue weighted by Gasteiger charge is 2.26. The molecule has 0 bridgehead atoms. The Bertz CT molecular complexity index is 407. The van der Waals surface area contributed by atoms with Crippen LogP contribution in [-0.2, 0) is 5.88 Å². The van der Waals surface area contributed by atoms with E-state index in [-0.39, 0.29) is 0 Å². The molecule has 2 atom stereocenters. The van der Waals surface area contributed by atoms with E-state index in [1.165, 1.54) is 36.9 Å². The first-order valence-corrected chi connectivity index (χ1v) is 8.03. The van der Waals surface area contributed by atoms with E-state index in [1.807, 2.05) is 0 Å². The fourth-order valence-corrected chi connectivity index (χ4v) is 3.68. The molecule has 1 nitrogen and oxygen atoms in total. The lowest BCUT2D eigenvalue weighted by Crippen LogP contribution is -2.39. The Kier molecular flexibility index (Phi) is 4.97. The number of nitrogens with zero attached hydrogens (tertiary/aromatic N) is 1. The smallest absolute Gasteiger partial charge is 0.0494 e. The molecule has 1 saturated carbocycles. The van der Waals surface area contributed by atoms with E-state index in [2.05, 4.69) is 53.0 Å². The third-order valence-corrected chi connectivity index (χ3v) is 4.91. The first kappa shape index (κ1) is 14.2. The van der Waals surface area contributed by atoms with E-state index in [9.17, 15) is 0 Å². The molecule has 0 aliphatic heterocycles. The highest BCUT2D eigenvalue weighted by molar-refractivity contribution is 9.10. The standard InChI is InChI=1S/C15H21BrClN/c1-11-5-3-4-6-14(11)18(2)15-8-7-13(16)9-12(15)10-17/h7-9,11,14H,3-6,10H2,1-2H3. The molecule has 1 fully saturated rings. The minimum absolute atomic E-state index is 0.570. The lowest BCUT2D eigenvalue weighted by molar-refractivity contribution is 0.321. The summed E-state index contributed by atoms with van der Waals surface area (Å²) in [6.45, 7) is 2.37. The molecule has 0 amide bonds. The van der Waals surface area contributed by atoms with E-state index >= 15 is 0 Å². The molecule has 1 aromatic rings. The molecule has 0 radical (unpaired) electrons. The third kappa shape index (κ3) is 3.03. The topological polar surface area (TPSA) is 3.24 Å². The second-order valence-electron chi connectivity index (χ2n) is 5.35. The van der Waals surface area contributed by atoms with Crippen LogP contribution in [0.3, 0.4) is 0 Å². The summed E-state index contributed by atoms with van der Waals surface area (Å²) in [7, 11) is 2.21. The van der Waals surface area contributed by atoms with Crippen molar-refractivity contribution in [2.45, 2.75) is 44.5 Å². The Balaban J connectivity index is 2.24. The average molecular weight is 331 g/mol. The van der Waals surface area contributed by atoms with Gasteiger partial charge in [0.2, 0.25) is 0 Å². The maximum atomic E-state index is 6.08. The summed E-state index contributed by atoms with van der Waals surface area (Å²) in [6.07, 6.45) is 5.39. The predicted molar refractivity (Wildman–Crippen MR) is 83.5 cm³/mol. The zero-order valence-corrected chi connectivity index (χ0v) is 13.5. The molecule has 0 spiro atoms. The van der Waals surface area contributed by atoms with Crippen LogP contribution in [0.1, 0.15) is 38.2 Å². The second kappa shape index (κ2) is 6.29.